The number of ether oxygens (including phenoxy) is 1. The van der Waals surface area contributed by atoms with E-state index >= 15 is 0 Å². The topological polar surface area (TPSA) is 116 Å². The fourth-order valence-corrected chi connectivity index (χ4v) is 6.56. The maximum atomic E-state index is 13.2. The van der Waals surface area contributed by atoms with Crippen molar-refractivity contribution in [3.63, 3.8) is 0 Å². The van der Waals surface area contributed by atoms with E-state index in [0.29, 0.717) is 13.0 Å². The average molecular weight is 628 g/mol. The van der Waals surface area contributed by atoms with Crippen LogP contribution in [-0.4, -0.2) is 41.4 Å². The summed E-state index contributed by atoms with van der Waals surface area (Å²) in [5, 5.41) is 16.3. The second-order valence-electron chi connectivity index (χ2n) is 13.2. The van der Waals surface area contributed by atoms with E-state index in [9.17, 15) is 4.79 Å². The molecule has 4 heterocycles. The highest BCUT2D eigenvalue weighted by Crippen LogP contribution is 2.27. The molecule has 1 amide bonds. The summed E-state index contributed by atoms with van der Waals surface area (Å²) in [5.74, 6) is 1.64. The zero-order valence-corrected chi connectivity index (χ0v) is 27.1. The Morgan fingerprint density at radius 1 is 0.745 bits per heavy atom. The number of carbonyl (C=O) groups excluding carboxylic acids is 1. The predicted molar refractivity (Wildman–Crippen MR) is 186 cm³/mol. The molecule has 0 saturated carbocycles. The monoisotopic (exact) mass is 627 g/mol. The third-order valence-corrected chi connectivity index (χ3v) is 8.76. The number of fused-ring (bicyclic) bond motifs is 3. The Labute approximate surface area is 273 Å². The third-order valence-electron chi connectivity index (χ3n) is 8.76. The van der Waals surface area contributed by atoms with Crippen molar-refractivity contribution in [1.29, 1.82) is 0 Å². The summed E-state index contributed by atoms with van der Waals surface area (Å²) in [5.41, 5.74) is 6.32. The lowest BCUT2D eigenvalue weighted by Gasteiger charge is -2.24. The van der Waals surface area contributed by atoms with Gasteiger partial charge in [-0.2, -0.15) is 0 Å². The highest BCUT2D eigenvalue weighted by Gasteiger charge is 2.27. The number of H-pyrrole nitrogens is 3. The summed E-state index contributed by atoms with van der Waals surface area (Å²) in [6.07, 6.45) is 9.65. The maximum Gasteiger partial charge on any atom is 0.408 e. The number of hydrogen-bond acceptors (Lipinski definition) is 4. The number of aromatic amines is 3. The van der Waals surface area contributed by atoms with Crippen molar-refractivity contribution in [3.05, 3.63) is 120 Å². The average Bonchev–Trinajstić information content (AvgIpc) is 3.85. The van der Waals surface area contributed by atoms with Gasteiger partial charge in [-0.05, 0) is 74.9 Å². The van der Waals surface area contributed by atoms with Gasteiger partial charge in [-0.25, -0.2) is 4.79 Å². The van der Waals surface area contributed by atoms with Crippen molar-refractivity contribution in [2.45, 2.75) is 71.1 Å². The normalized spacial score (nSPS) is 12.7. The molecule has 9 nitrogen and oxygen atoms in total. The number of nitrogens with one attached hydrogen (secondary N) is 4. The predicted octanol–water partition coefficient (Wildman–Crippen LogP) is 7.95. The van der Waals surface area contributed by atoms with Crippen molar-refractivity contribution in [3.8, 4) is 0 Å². The van der Waals surface area contributed by atoms with E-state index < -0.39 is 17.7 Å². The van der Waals surface area contributed by atoms with Crippen molar-refractivity contribution in [2.75, 3.05) is 0 Å². The molecule has 0 aliphatic carbocycles. The molecule has 47 heavy (non-hydrogen) atoms. The molecule has 4 aromatic heterocycles. The Kier molecular flexibility index (Phi) is 8.28. The Balaban J connectivity index is 1.21. The van der Waals surface area contributed by atoms with Gasteiger partial charge in [0.25, 0.3) is 0 Å². The van der Waals surface area contributed by atoms with E-state index in [4.69, 9.17) is 14.9 Å². The minimum absolute atomic E-state index is 0.457. The van der Waals surface area contributed by atoms with Crippen LogP contribution in [0.1, 0.15) is 61.6 Å². The molecule has 0 saturated heterocycles. The van der Waals surface area contributed by atoms with Crippen molar-refractivity contribution >= 4 is 38.8 Å². The summed E-state index contributed by atoms with van der Waals surface area (Å²) < 4.78 is 7.95. The lowest BCUT2D eigenvalue weighted by molar-refractivity contribution is 0.0500. The molecule has 1 atom stereocenters. The minimum atomic E-state index is -0.633. The van der Waals surface area contributed by atoms with Gasteiger partial charge >= 0.3 is 6.09 Å². The fourth-order valence-electron chi connectivity index (χ4n) is 6.56. The molecule has 7 aromatic rings. The second-order valence-corrected chi connectivity index (χ2v) is 13.2. The first-order chi connectivity index (χ1) is 22.8. The Morgan fingerprint density at radius 2 is 1.28 bits per heavy atom. The van der Waals surface area contributed by atoms with Crippen molar-refractivity contribution < 1.29 is 9.53 Å². The van der Waals surface area contributed by atoms with Gasteiger partial charge < -0.3 is 29.6 Å². The van der Waals surface area contributed by atoms with Gasteiger partial charge in [-0.3, -0.25) is 0 Å². The van der Waals surface area contributed by atoms with Crippen LogP contribution in [0.4, 0.5) is 4.79 Å². The van der Waals surface area contributed by atoms with Crippen LogP contribution in [0, 0.1) is 0 Å². The molecule has 3 aromatic carbocycles. The first-order valence-electron chi connectivity index (χ1n) is 16.4. The number of aryl methyl sites for hydroxylation is 3. The number of rotatable bonds is 11. The first-order valence-corrected chi connectivity index (χ1v) is 16.4. The smallest absolute Gasteiger partial charge is 0.408 e. The number of benzene rings is 3. The van der Waals surface area contributed by atoms with Gasteiger partial charge in [0.15, 0.2) is 5.82 Å². The summed E-state index contributed by atoms with van der Waals surface area (Å²) >= 11 is 0. The van der Waals surface area contributed by atoms with Crippen LogP contribution in [0.15, 0.2) is 91.4 Å². The number of amides is 1. The van der Waals surface area contributed by atoms with Gasteiger partial charge in [-0.15, -0.1) is 10.2 Å². The first kappa shape index (κ1) is 30.3. The number of carbonyl (C=O) groups is 1. The molecule has 0 aliphatic rings. The maximum absolute atomic E-state index is 13.2. The number of alkyl carbamates (subject to hydrolysis) is 1. The zero-order chi connectivity index (χ0) is 32.4. The molecule has 0 unspecified atom stereocenters. The molecular weight excluding hydrogens is 586 g/mol. The molecule has 0 bridgehead atoms. The lowest BCUT2D eigenvalue weighted by atomic mass is 10.0. The van der Waals surface area contributed by atoms with Gasteiger partial charge in [-0.1, -0.05) is 54.6 Å². The molecular formula is C38H41N7O2. The van der Waals surface area contributed by atoms with Gasteiger partial charge in [0.05, 0.1) is 6.04 Å². The van der Waals surface area contributed by atoms with E-state index in [1.165, 1.54) is 21.9 Å². The molecule has 9 heteroatoms. The number of nitrogens with zero attached hydrogens (tertiary/aromatic N) is 3. The molecule has 0 fully saturated rings. The van der Waals surface area contributed by atoms with E-state index in [2.05, 4.69) is 91.8 Å². The van der Waals surface area contributed by atoms with Crippen LogP contribution in [-0.2, 0) is 37.0 Å². The van der Waals surface area contributed by atoms with Gasteiger partial charge in [0.1, 0.15) is 11.4 Å². The molecule has 4 N–H and O–H groups in total. The highest BCUT2D eigenvalue weighted by atomic mass is 16.6. The lowest BCUT2D eigenvalue weighted by Crippen LogP contribution is -2.37. The largest absolute Gasteiger partial charge is 0.444 e. The van der Waals surface area contributed by atoms with Crippen LogP contribution < -0.4 is 5.32 Å². The Hall–Kier alpha value is -5.31. The number of para-hydroxylation sites is 3. The highest BCUT2D eigenvalue weighted by molar-refractivity contribution is 5.84. The summed E-state index contributed by atoms with van der Waals surface area (Å²) in [4.78, 5) is 23.4. The van der Waals surface area contributed by atoms with E-state index in [-0.39, 0.29) is 0 Å². The number of aromatic nitrogens is 6. The van der Waals surface area contributed by atoms with Crippen molar-refractivity contribution in [1.82, 2.24) is 35.0 Å². The van der Waals surface area contributed by atoms with E-state index in [0.717, 1.165) is 64.8 Å². The standard InChI is InChI=1S/C38H41N7O2/c1-38(2,3)47-37(46)42-34(21-27-24-41-33-17-9-6-14-30(27)33)36-44-43-35(18-10-11-25-22-39-31-15-7-4-12-28(25)31)45(36)20-19-26-23-40-32-16-8-5-13-29(26)32/h4-9,12-17,22-24,34,39-41H,10-11,18-21H2,1-3H3,(H,42,46)/t34-/m1/s1. The summed E-state index contributed by atoms with van der Waals surface area (Å²) in [7, 11) is 0. The number of hydrogen-bond donors (Lipinski definition) is 4. The molecule has 7 rings (SSSR count). The molecule has 0 aliphatic heterocycles. The molecule has 0 radical (unpaired) electrons. The Morgan fingerprint density at radius 3 is 1.87 bits per heavy atom. The quantitative estimate of drug-likeness (QED) is 0.116. The third kappa shape index (κ3) is 6.65. The van der Waals surface area contributed by atoms with E-state index in [1.54, 1.807) is 0 Å². The minimum Gasteiger partial charge on any atom is -0.444 e. The second kappa shape index (κ2) is 12.8. The van der Waals surface area contributed by atoms with Crippen LogP contribution in [0.25, 0.3) is 32.7 Å². The van der Waals surface area contributed by atoms with Gasteiger partial charge in [0, 0.05) is 70.7 Å². The zero-order valence-electron chi connectivity index (χ0n) is 27.1. The van der Waals surface area contributed by atoms with E-state index in [1.807, 2.05) is 45.2 Å². The van der Waals surface area contributed by atoms with Crippen molar-refractivity contribution in [2.24, 2.45) is 0 Å². The Bertz CT molecular complexity index is 2140. The summed E-state index contributed by atoms with van der Waals surface area (Å²) in [6.45, 7) is 6.29. The fraction of sp³-hybridized carbons (Fsp3) is 0.289. The molecule has 0 spiro atoms. The SMILES string of the molecule is CC(C)(C)OC(=O)N[C@H](Cc1c[nH]c2ccccc12)c1nnc(CCCc2c[nH]c3ccccc23)n1CCc1c[nH]c2ccccc12. The van der Waals surface area contributed by atoms with Gasteiger partial charge in [0.2, 0.25) is 0 Å². The van der Waals surface area contributed by atoms with Crippen LogP contribution in [0.3, 0.4) is 0 Å². The van der Waals surface area contributed by atoms with Crippen LogP contribution in [0.5, 0.6) is 0 Å². The van der Waals surface area contributed by atoms with Crippen LogP contribution >= 0.6 is 0 Å². The van der Waals surface area contributed by atoms with Crippen LogP contribution in [0.2, 0.25) is 0 Å². The summed E-state index contributed by atoms with van der Waals surface area (Å²) in [6, 6.07) is 24.5. The molecule has 240 valence electrons.